The molecule has 2 amide bonds. The zero-order valence-corrected chi connectivity index (χ0v) is 16.8. The molecule has 3 N–H and O–H groups in total. The first-order valence-corrected chi connectivity index (χ1v) is 9.33. The van der Waals surface area contributed by atoms with Crippen LogP contribution in [0.15, 0.2) is 24.3 Å². The molecule has 1 aromatic rings. The molecule has 0 spiro atoms. The Labute approximate surface area is 165 Å². The minimum Gasteiger partial charge on any atom is -0.444 e. The van der Waals surface area contributed by atoms with E-state index in [4.69, 9.17) is 26.3 Å². The maximum Gasteiger partial charge on any atom is 0.407 e. The van der Waals surface area contributed by atoms with E-state index in [1.807, 2.05) is 24.3 Å². The van der Waals surface area contributed by atoms with E-state index in [2.05, 4.69) is 5.32 Å². The predicted molar refractivity (Wildman–Crippen MR) is 103 cm³/mol. The van der Waals surface area contributed by atoms with Gasteiger partial charge in [0.15, 0.2) is 0 Å². The summed E-state index contributed by atoms with van der Waals surface area (Å²) in [5, 5.41) is 12.1. The lowest BCUT2D eigenvalue weighted by Gasteiger charge is -2.20. The van der Waals surface area contributed by atoms with Crippen LogP contribution in [0.25, 0.3) is 0 Å². The zero-order valence-electron chi connectivity index (χ0n) is 16.1. The molecule has 1 rings (SSSR count). The average Bonchev–Trinajstić information content (AvgIpc) is 2.58. The van der Waals surface area contributed by atoms with Crippen molar-refractivity contribution in [3.05, 3.63) is 34.9 Å². The van der Waals surface area contributed by atoms with Gasteiger partial charge >= 0.3 is 6.09 Å². The van der Waals surface area contributed by atoms with E-state index in [9.17, 15) is 9.59 Å². The number of aryl methyl sites for hydroxylation is 1. The third-order valence-corrected chi connectivity index (χ3v) is 3.80. The molecule has 0 heterocycles. The summed E-state index contributed by atoms with van der Waals surface area (Å²) in [4.78, 5) is 23.0. The van der Waals surface area contributed by atoms with Gasteiger partial charge in [-0.25, -0.2) is 10.3 Å². The normalized spacial score (nSPS) is 12.3. The zero-order chi connectivity index (χ0) is 20.3. The van der Waals surface area contributed by atoms with Crippen molar-refractivity contribution in [1.29, 1.82) is 0 Å². The molecule has 0 aliphatic heterocycles. The molecule has 0 saturated heterocycles. The SMILES string of the molecule is CC(C)(C)OC(=O)NCCCO[C@@H](CCc1ccc(Cl)cc1)CC(=O)NO. The highest BCUT2D eigenvalue weighted by Crippen LogP contribution is 2.14. The molecule has 8 heteroatoms. The minimum atomic E-state index is -0.537. The number of hydrogen-bond donors (Lipinski definition) is 3. The second kappa shape index (κ2) is 11.8. The Kier molecular flexibility index (Phi) is 10.1. The van der Waals surface area contributed by atoms with Crippen molar-refractivity contribution in [3.8, 4) is 0 Å². The quantitative estimate of drug-likeness (QED) is 0.317. The van der Waals surface area contributed by atoms with Crippen LogP contribution in [0.2, 0.25) is 5.02 Å². The van der Waals surface area contributed by atoms with Crippen molar-refractivity contribution in [1.82, 2.24) is 10.8 Å². The van der Waals surface area contributed by atoms with Crippen molar-refractivity contribution in [3.63, 3.8) is 0 Å². The molecule has 1 atom stereocenters. The van der Waals surface area contributed by atoms with Gasteiger partial charge in [0.1, 0.15) is 5.60 Å². The number of hydroxylamine groups is 1. The average molecular weight is 401 g/mol. The lowest BCUT2D eigenvalue weighted by Crippen LogP contribution is -2.33. The third-order valence-electron chi connectivity index (χ3n) is 3.55. The summed E-state index contributed by atoms with van der Waals surface area (Å²) in [7, 11) is 0. The molecule has 0 aliphatic carbocycles. The van der Waals surface area contributed by atoms with Crippen LogP contribution in [0.3, 0.4) is 0 Å². The number of alkyl carbamates (subject to hydrolysis) is 1. The van der Waals surface area contributed by atoms with Crippen LogP contribution < -0.4 is 10.8 Å². The first kappa shape index (κ1) is 23.2. The Balaban J connectivity index is 2.35. The van der Waals surface area contributed by atoms with E-state index in [0.717, 1.165) is 12.0 Å². The molecule has 0 radical (unpaired) electrons. The van der Waals surface area contributed by atoms with Gasteiger partial charge < -0.3 is 14.8 Å². The molecule has 0 bridgehead atoms. The van der Waals surface area contributed by atoms with Gasteiger partial charge in [-0.05, 0) is 57.7 Å². The van der Waals surface area contributed by atoms with Crippen LogP contribution in [-0.2, 0) is 20.7 Å². The van der Waals surface area contributed by atoms with Crippen LogP contribution in [0.5, 0.6) is 0 Å². The number of benzene rings is 1. The van der Waals surface area contributed by atoms with Crippen LogP contribution in [0, 0.1) is 0 Å². The fraction of sp³-hybridized carbons (Fsp3) is 0.579. The number of carbonyl (C=O) groups excluding carboxylic acids is 2. The van der Waals surface area contributed by atoms with Gasteiger partial charge in [-0.15, -0.1) is 0 Å². The predicted octanol–water partition coefficient (Wildman–Crippen LogP) is 3.47. The van der Waals surface area contributed by atoms with Gasteiger partial charge in [-0.1, -0.05) is 23.7 Å². The van der Waals surface area contributed by atoms with Crippen LogP contribution in [0.1, 0.15) is 45.6 Å². The smallest absolute Gasteiger partial charge is 0.407 e. The second-order valence-corrected chi connectivity index (χ2v) is 7.62. The van der Waals surface area contributed by atoms with E-state index in [1.54, 1.807) is 26.3 Å². The van der Waals surface area contributed by atoms with Gasteiger partial charge in [-0.2, -0.15) is 0 Å². The second-order valence-electron chi connectivity index (χ2n) is 7.18. The number of ether oxygens (including phenoxy) is 2. The first-order valence-electron chi connectivity index (χ1n) is 8.95. The summed E-state index contributed by atoms with van der Waals surface area (Å²) in [5.74, 6) is -0.497. The highest BCUT2D eigenvalue weighted by atomic mass is 35.5. The summed E-state index contributed by atoms with van der Waals surface area (Å²) in [6, 6.07) is 7.48. The maximum atomic E-state index is 11.6. The van der Waals surface area contributed by atoms with E-state index < -0.39 is 17.6 Å². The monoisotopic (exact) mass is 400 g/mol. The number of carbonyl (C=O) groups is 2. The molecule has 0 fully saturated rings. The lowest BCUT2D eigenvalue weighted by atomic mass is 10.0. The van der Waals surface area contributed by atoms with Gasteiger partial charge in [0, 0.05) is 18.2 Å². The number of rotatable bonds is 10. The number of halogens is 1. The van der Waals surface area contributed by atoms with E-state index in [-0.39, 0.29) is 12.5 Å². The van der Waals surface area contributed by atoms with E-state index >= 15 is 0 Å². The van der Waals surface area contributed by atoms with Gasteiger partial charge in [-0.3, -0.25) is 10.0 Å². The first-order chi connectivity index (χ1) is 12.7. The summed E-state index contributed by atoms with van der Waals surface area (Å²) in [6.07, 6.45) is 1.17. The molecule has 0 unspecified atom stereocenters. The fourth-order valence-corrected chi connectivity index (χ4v) is 2.43. The summed E-state index contributed by atoms with van der Waals surface area (Å²) >= 11 is 5.87. The fourth-order valence-electron chi connectivity index (χ4n) is 2.30. The Morgan fingerprint density at radius 3 is 2.48 bits per heavy atom. The highest BCUT2D eigenvalue weighted by molar-refractivity contribution is 6.30. The molecule has 152 valence electrons. The van der Waals surface area contributed by atoms with Gasteiger partial charge in [0.05, 0.1) is 12.5 Å². The molecule has 7 nitrogen and oxygen atoms in total. The Morgan fingerprint density at radius 1 is 1.22 bits per heavy atom. The minimum absolute atomic E-state index is 0.0591. The molecular formula is C19H29ClN2O5. The molecule has 1 aromatic carbocycles. The Hall–Kier alpha value is -1.83. The standard InChI is InChI=1S/C19H29ClN2O5/c1-19(2,3)27-18(24)21-11-4-12-26-16(13-17(23)22-25)10-7-14-5-8-15(20)9-6-14/h5-6,8-9,16,25H,4,7,10-13H2,1-3H3,(H,21,24)(H,22,23)/t16-/m0/s1. The van der Waals surface area contributed by atoms with Crippen molar-refractivity contribution in [2.24, 2.45) is 0 Å². The third kappa shape index (κ3) is 11.5. The topological polar surface area (TPSA) is 96.9 Å². The number of amides is 2. The Morgan fingerprint density at radius 2 is 1.89 bits per heavy atom. The molecule has 27 heavy (non-hydrogen) atoms. The van der Waals surface area contributed by atoms with Crippen molar-refractivity contribution >= 4 is 23.6 Å². The van der Waals surface area contributed by atoms with Crippen molar-refractivity contribution in [2.45, 2.75) is 58.2 Å². The van der Waals surface area contributed by atoms with Crippen molar-refractivity contribution < 1.29 is 24.3 Å². The Bertz CT molecular complexity index is 587. The van der Waals surface area contributed by atoms with Gasteiger partial charge in [0.25, 0.3) is 0 Å². The summed E-state index contributed by atoms with van der Waals surface area (Å²) in [6.45, 7) is 6.18. The molecule has 0 saturated carbocycles. The summed E-state index contributed by atoms with van der Waals surface area (Å²) < 4.78 is 10.9. The van der Waals surface area contributed by atoms with Crippen LogP contribution >= 0.6 is 11.6 Å². The number of hydrogen-bond acceptors (Lipinski definition) is 5. The molecule has 0 aromatic heterocycles. The summed E-state index contributed by atoms with van der Waals surface area (Å²) in [5.41, 5.74) is 2.18. The van der Waals surface area contributed by atoms with E-state index in [1.165, 1.54) is 0 Å². The largest absolute Gasteiger partial charge is 0.444 e. The van der Waals surface area contributed by atoms with Gasteiger partial charge in [0.2, 0.25) is 5.91 Å². The molecule has 0 aliphatic rings. The lowest BCUT2D eigenvalue weighted by molar-refractivity contribution is -0.132. The number of nitrogens with one attached hydrogen (secondary N) is 2. The van der Waals surface area contributed by atoms with Crippen molar-refractivity contribution in [2.75, 3.05) is 13.2 Å². The van der Waals surface area contributed by atoms with Crippen LogP contribution in [0.4, 0.5) is 4.79 Å². The molecular weight excluding hydrogens is 372 g/mol. The maximum absolute atomic E-state index is 11.6. The van der Waals surface area contributed by atoms with Crippen LogP contribution in [-0.4, -0.2) is 42.1 Å². The highest BCUT2D eigenvalue weighted by Gasteiger charge is 2.16. The van der Waals surface area contributed by atoms with E-state index in [0.29, 0.717) is 31.0 Å².